The molecule has 1 aliphatic heterocycles. The van der Waals surface area contributed by atoms with Crippen LogP contribution >= 0.6 is 0 Å². The summed E-state index contributed by atoms with van der Waals surface area (Å²) in [4.78, 5) is 14.2. The van der Waals surface area contributed by atoms with E-state index in [1.54, 1.807) is 28.4 Å². The number of fused-ring (bicyclic) bond motifs is 1. The van der Waals surface area contributed by atoms with Crippen molar-refractivity contribution in [2.45, 2.75) is 43.7 Å². The van der Waals surface area contributed by atoms with Crippen molar-refractivity contribution < 1.29 is 33.7 Å². The monoisotopic (exact) mass is 485 g/mol. The van der Waals surface area contributed by atoms with Gasteiger partial charge in [0.05, 0.1) is 40.6 Å². The van der Waals surface area contributed by atoms with Crippen molar-refractivity contribution >= 4 is 11.6 Å². The van der Waals surface area contributed by atoms with Crippen LogP contribution in [-0.4, -0.2) is 58.1 Å². The SMILES string of the molecule is COc1ccc(NC(=O)C[NH+]2CC[C@@]3(O)CCCC[C@@H]3[C@@H]2c2cc(OC)c(OC)c(OC)c2)cc1. The highest BCUT2D eigenvalue weighted by molar-refractivity contribution is 5.91. The Balaban J connectivity index is 1.65. The molecule has 2 aliphatic rings. The maximum atomic E-state index is 13.1. The summed E-state index contributed by atoms with van der Waals surface area (Å²) < 4.78 is 22.0. The molecule has 8 heteroatoms. The lowest BCUT2D eigenvalue weighted by Crippen LogP contribution is -3.16. The first-order chi connectivity index (χ1) is 16.9. The van der Waals surface area contributed by atoms with Crippen LogP contribution in [0.1, 0.15) is 43.7 Å². The number of piperidine rings is 1. The lowest BCUT2D eigenvalue weighted by atomic mass is 9.66. The summed E-state index contributed by atoms with van der Waals surface area (Å²) in [6.07, 6.45) is 4.50. The Bertz CT molecular complexity index is 1000. The molecule has 1 saturated carbocycles. The maximum Gasteiger partial charge on any atom is 0.279 e. The number of carbonyl (C=O) groups excluding carboxylic acids is 1. The smallest absolute Gasteiger partial charge is 0.279 e. The Labute approximate surface area is 207 Å². The van der Waals surface area contributed by atoms with Crippen LogP contribution in [0.15, 0.2) is 36.4 Å². The van der Waals surface area contributed by atoms with Crippen LogP contribution < -0.4 is 29.2 Å². The first-order valence-corrected chi connectivity index (χ1v) is 12.2. The summed E-state index contributed by atoms with van der Waals surface area (Å²) in [5.41, 5.74) is 0.988. The third kappa shape index (κ3) is 5.18. The molecular weight excluding hydrogens is 448 g/mol. The number of methoxy groups -OCH3 is 4. The number of amides is 1. The zero-order valence-electron chi connectivity index (χ0n) is 21.1. The summed E-state index contributed by atoms with van der Waals surface area (Å²) in [5, 5.41) is 14.6. The highest BCUT2D eigenvalue weighted by atomic mass is 16.5. The fourth-order valence-corrected chi connectivity index (χ4v) is 5.89. The molecule has 0 radical (unpaired) electrons. The molecule has 2 fully saturated rings. The van der Waals surface area contributed by atoms with Crippen LogP contribution in [0, 0.1) is 5.92 Å². The number of hydrogen-bond donors (Lipinski definition) is 3. The van der Waals surface area contributed by atoms with Crippen molar-refractivity contribution in [3.05, 3.63) is 42.0 Å². The normalized spacial score (nSPS) is 25.8. The van der Waals surface area contributed by atoms with Crippen LogP contribution in [0.4, 0.5) is 5.69 Å². The van der Waals surface area contributed by atoms with E-state index in [4.69, 9.17) is 18.9 Å². The van der Waals surface area contributed by atoms with Crippen LogP contribution in [0.25, 0.3) is 0 Å². The first kappa shape index (κ1) is 25.1. The fraction of sp³-hybridized carbons (Fsp3) is 0.519. The Hall–Kier alpha value is -2.97. The number of benzene rings is 2. The maximum absolute atomic E-state index is 13.1. The second-order valence-electron chi connectivity index (χ2n) is 9.50. The topological polar surface area (TPSA) is 90.7 Å². The molecule has 1 saturated heterocycles. The average Bonchev–Trinajstić information content (AvgIpc) is 2.88. The Morgan fingerprint density at radius 3 is 2.29 bits per heavy atom. The van der Waals surface area contributed by atoms with Gasteiger partial charge in [-0.1, -0.05) is 12.8 Å². The number of quaternary nitrogens is 1. The first-order valence-electron chi connectivity index (χ1n) is 12.2. The van der Waals surface area contributed by atoms with E-state index in [1.807, 2.05) is 36.4 Å². The van der Waals surface area contributed by atoms with Crippen molar-refractivity contribution in [3.8, 4) is 23.0 Å². The minimum absolute atomic E-state index is 0.0385. The third-order valence-corrected chi connectivity index (χ3v) is 7.59. The van der Waals surface area contributed by atoms with Crippen LogP contribution in [-0.2, 0) is 4.79 Å². The molecule has 2 aromatic carbocycles. The molecule has 1 heterocycles. The molecule has 4 atom stereocenters. The largest absolute Gasteiger partial charge is 0.497 e. The minimum Gasteiger partial charge on any atom is -0.497 e. The van der Waals surface area contributed by atoms with Crippen molar-refractivity contribution in [2.24, 2.45) is 5.92 Å². The van der Waals surface area contributed by atoms with Crippen molar-refractivity contribution in [1.29, 1.82) is 0 Å². The van der Waals surface area contributed by atoms with Gasteiger partial charge in [-0.2, -0.15) is 0 Å². The lowest BCUT2D eigenvalue weighted by molar-refractivity contribution is -0.937. The number of anilines is 1. The van der Waals surface area contributed by atoms with Gasteiger partial charge in [0, 0.05) is 23.6 Å². The number of likely N-dealkylation sites (tertiary alicyclic amines) is 1. The third-order valence-electron chi connectivity index (χ3n) is 7.59. The van der Waals surface area contributed by atoms with E-state index in [0.717, 1.165) is 47.6 Å². The van der Waals surface area contributed by atoms with Gasteiger partial charge in [-0.25, -0.2) is 0 Å². The van der Waals surface area contributed by atoms with Gasteiger partial charge in [0.2, 0.25) is 5.75 Å². The Morgan fingerprint density at radius 1 is 1.00 bits per heavy atom. The van der Waals surface area contributed by atoms with E-state index in [-0.39, 0.29) is 17.9 Å². The Kier molecular flexibility index (Phi) is 7.72. The predicted molar refractivity (Wildman–Crippen MR) is 133 cm³/mol. The van der Waals surface area contributed by atoms with Gasteiger partial charge in [0.15, 0.2) is 18.0 Å². The van der Waals surface area contributed by atoms with Gasteiger partial charge in [-0.15, -0.1) is 0 Å². The fourth-order valence-electron chi connectivity index (χ4n) is 5.89. The van der Waals surface area contributed by atoms with E-state index >= 15 is 0 Å². The van der Waals surface area contributed by atoms with Gasteiger partial charge in [-0.3, -0.25) is 4.79 Å². The zero-order chi connectivity index (χ0) is 25.0. The standard InChI is InChI=1S/C27H36N2O6/c1-32-20-10-8-19(9-11-20)28-24(30)17-29-14-13-27(31)12-6-5-7-21(27)25(29)18-15-22(33-2)26(35-4)23(16-18)34-3/h8-11,15-16,21,25,31H,5-7,12-14,17H2,1-4H3,(H,28,30)/p+1/t21-,25+,27+/m1/s1. The summed E-state index contributed by atoms with van der Waals surface area (Å²) in [5.74, 6) is 2.40. The van der Waals surface area contributed by atoms with E-state index < -0.39 is 5.60 Å². The molecule has 1 aliphatic carbocycles. The van der Waals surface area contributed by atoms with Crippen LogP contribution in [0.5, 0.6) is 23.0 Å². The molecule has 2 aromatic rings. The molecule has 1 unspecified atom stereocenters. The van der Waals surface area contributed by atoms with Gasteiger partial charge >= 0.3 is 0 Å². The highest BCUT2D eigenvalue weighted by Crippen LogP contribution is 2.47. The summed E-state index contributed by atoms with van der Waals surface area (Å²) in [6.45, 7) is 0.990. The van der Waals surface area contributed by atoms with Crippen molar-refractivity contribution in [2.75, 3.05) is 46.8 Å². The lowest BCUT2D eigenvalue weighted by Gasteiger charge is -2.50. The summed E-state index contributed by atoms with van der Waals surface area (Å²) in [7, 11) is 6.41. The van der Waals surface area contributed by atoms with Crippen LogP contribution in [0.2, 0.25) is 0 Å². The second-order valence-corrected chi connectivity index (χ2v) is 9.50. The quantitative estimate of drug-likeness (QED) is 0.533. The number of ether oxygens (including phenoxy) is 4. The molecule has 0 bridgehead atoms. The van der Waals surface area contributed by atoms with Gasteiger partial charge in [-0.05, 0) is 49.2 Å². The number of aliphatic hydroxyl groups is 1. The second kappa shape index (κ2) is 10.7. The summed E-state index contributed by atoms with van der Waals surface area (Å²) in [6, 6.07) is 11.2. The highest BCUT2D eigenvalue weighted by Gasteiger charge is 2.52. The van der Waals surface area contributed by atoms with Crippen molar-refractivity contribution in [3.63, 3.8) is 0 Å². The van der Waals surface area contributed by atoms with Crippen molar-refractivity contribution in [1.82, 2.24) is 0 Å². The van der Waals surface area contributed by atoms with Gasteiger partial charge in [0.1, 0.15) is 11.8 Å². The molecule has 0 aromatic heterocycles. The summed E-state index contributed by atoms with van der Waals surface area (Å²) >= 11 is 0. The molecule has 0 spiro atoms. The van der Waals surface area contributed by atoms with E-state index in [1.165, 1.54) is 0 Å². The molecule has 8 nitrogen and oxygen atoms in total. The van der Waals surface area contributed by atoms with Crippen LogP contribution in [0.3, 0.4) is 0 Å². The Morgan fingerprint density at radius 2 is 1.69 bits per heavy atom. The average molecular weight is 486 g/mol. The molecule has 3 N–H and O–H groups in total. The molecule has 35 heavy (non-hydrogen) atoms. The van der Waals surface area contributed by atoms with E-state index in [0.29, 0.717) is 36.8 Å². The predicted octanol–water partition coefficient (Wildman–Crippen LogP) is 2.61. The molecule has 1 amide bonds. The zero-order valence-corrected chi connectivity index (χ0v) is 21.1. The van der Waals surface area contributed by atoms with E-state index in [9.17, 15) is 9.90 Å². The number of rotatable bonds is 8. The number of hydrogen-bond acceptors (Lipinski definition) is 6. The molecule has 4 rings (SSSR count). The van der Waals surface area contributed by atoms with Gasteiger partial charge < -0.3 is 34.3 Å². The molecule has 190 valence electrons. The van der Waals surface area contributed by atoms with Gasteiger partial charge in [0.25, 0.3) is 5.91 Å². The number of nitrogens with one attached hydrogen (secondary N) is 2. The number of carbonyl (C=O) groups is 1. The van der Waals surface area contributed by atoms with E-state index in [2.05, 4.69) is 5.32 Å². The minimum atomic E-state index is -0.723. The molecular formula is C27H37N2O6+.